The number of amides is 2. The lowest BCUT2D eigenvalue weighted by atomic mass is 9.48. The molecule has 0 aromatic heterocycles. The quantitative estimate of drug-likeness (QED) is 0.201. The Labute approximate surface area is 295 Å². The van der Waals surface area contributed by atoms with Gasteiger partial charge < -0.3 is 10.2 Å². The molecule has 1 atom stereocenters. The smallest absolute Gasteiger partial charge is 0.244 e. The number of nitrogens with one attached hydrogen (secondary N) is 1. The molecule has 256 valence electrons. The zero-order valence-electron chi connectivity index (χ0n) is 27.7. The van der Waals surface area contributed by atoms with Crippen LogP contribution in [0.4, 0.5) is 5.69 Å². The predicted molar refractivity (Wildman–Crippen MR) is 193 cm³/mol. The number of hydrogen-bond donors (Lipinski definition) is 1. The summed E-state index contributed by atoms with van der Waals surface area (Å²) >= 11 is 13.2. The first-order valence-electron chi connectivity index (χ1n) is 17.1. The largest absolute Gasteiger partial charge is 0.354 e. The molecule has 4 aliphatic rings. The molecule has 3 aromatic carbocycles. The maximum absolute atomic E-state index is 14.5. The third kappa shape index (κ3) is 7.56. The third-order valence-corrected chi connectivity index (χ3v) is 12.5. The van der Waals surface area contributed by atoms with E-state index in [1.54, 1.807) is 18.2 Å². The Morgan fingerprint density at radius 3 is 2.00 bits per heavy atom. The van der Waals surface area contributed by atoms with E-state index < -0.39 is 28.5 Å². The van der Waals surface area contributed by atoms with Gasteiger partial charge in [-0.15, -0.1) is 0 Å². The summed E-state index contributed by atoms with van der Waals surface area (Å²) in [5, 5.41) is 3.66. The zero-order valence-corrected chi connectivity index (χ0v) is 30.0. The fourth-order valence-corrected chi connectivity index (χ4v) is 10.2. The summed E-state index contributed by atoms with van der Waals surface area (Å²) in [4.78, 5) is 29.6. The number of hydrogen-bond acceptors (Lipinski definition) is 4. The molecule has 4 saturated carbocycles. The van der Waals surface area contributed by atoms with Gasteiger partial charge in [0.1, 0.15) is 12.6 Å². The van der Waals surface area contributed by atoms with Crippen molar-refractivity contribution in [2.24, 2.45) is 17.8 Å². The molecule has 48 heavy (non-hydrogen) atoms. The highest BCUT2D eigenvalue weighted by atomic mass is 35.5. The molecule has 0 saturated heterocycles. The topological polar surface area (TPSA) is 86.8 Å². The minimum atomic E-state index is -3.88. The number of carbonyl (C=O) groups is 2. The Morgan fingerprint density at radius 2 is 1.46 bits per heavy atom. The minimum absolute atomic E-state index is 0.0725. The maximum atomic E-state index is 14.5. The van der Waals surface area contributed by atoms with Gasteiger partial charge in [0.15, 0.2) is 0 Å². The van der Waals surface area contributed by atoms with E-state index >= 15 is 0 Å². The highest BCUT2D eigenvalue weighted by molar-refractivity contribution is 7.92. The van der Waals surface area contributed by atoms with Crippen LogP contribution in [-0.2, 0) is 38.0 Å². The summed E-state index contributed by atoms with van der Waals surface area (Å²) in [6.07, 6.45) is 9.70. The number of carbonyl (C=O) groups excluding carboxylic acids is 2. The van der Waals surface area contributed by atoms with E-state index in [0.29, 0.717) is 27.8 Å². The van der Waals surface area contributed by atoms with Crippen molar-refractivity contribution in [1.82, 2.24) is 10.2 Å². The fraction of sp³-hybridized carbons (Fsp3) is 0.474. The maximum Gasteiger partial charge on any atom is 0.244 e. The van der Waals surface area contributed by atoms with Crippen molar-refractivity contribution < 1.29 is 18.0 Å². The van der Waals surface area contributed by atoms with Gasteiger partial charge in [-0.2, -0.15) is 0 Å². The second-order valence-corrected chi connectivity index (χ2v) is 17.0. The van der Waals surface area contributed by atoms with Gasteiger partial charge in [-0.1, -0.05) is 78.7 Å². The first-order chi connectivity index (χ1) is 23.0. The van der Waals surface area contributed by atoms with Crippen molar-refractivity contribution in [2.45, 2.75) is 76.3 Å². The number of nitrogens with zero attached hydrogens (tertiary/aromatic N) is 2. The van der Waals surface area contributed by atoms with E-state index in [1.807, 2.05) is 49.4 Å². The summed E-state index contributed by atoms with van der Waals surface area (Å²) in [6.45, 7) is 1.84. The van der Waals surface area contributed by atoms with E-state index in [9.17, 15) is 18.0 Å². The number of rotatable bonds is 13. The molecule has 3 aromatic rings. The lowest BCUT2D eigenvalue weighted by Crippen LogP contribution is -2.53. The third-order valence-electron chi connectivity index (χ3n) is 10.7. The van der Waals surface area contributed by atoms with Gasteiger partial charge in [0.2, 0.25) is 21.8 Å². The first-order valence-corrected chi connectivity index (χ1v) is 19.7. The molecule has 0 spiro atoms. The van der Waals surface area contributed by atoms with Gasteiger partial charge in [0, 0.05) is 35.1 Å². The Kier molecular flexibility index (Phi) is 10.4. The fourth-order valence-electron chi connectivity index (χ4n) is 8.83. The average molecular weight is 711 g/mol. The van der Waals surface area contributed by atoms with Crippen molar-refractivity contribution in [3.05, 3.63) is 99.5 Å². The molecule has 0 heterocycles. The lowest BCUT2D eigenvalue weighted by Gasteiger charge is -2.57. The van der Waals surface area contributed by atoms with E-state index in [0.717, 1.165) is 40.3 Å². The molecule has 4 aliphatic carbocycles. The van der Waals surface area contributed by atoms with Crippen LogP contribution in [0.1, 0.15) is 68.6 Å². The van der Waals surface area contributed by atoms with Gasteiger partial charge in [-0.25, -0.2) is 8.42 Å². The monoisotopic (exact) mass is 709 g/mol. The zero-order chi connectivity index (χ0) is 34.1. The van der Waals surface area contributed by atoms with Gasteiger partial charge in [-0.3, -0.25) is 13.9 Å². The summed E-state index contributed by atoms with van der Waals surface area (Å²) < 4.78 is 27.8. The van der Waals surface area contributed by atoms with Gasteiger partial charge >= 0.3 is 0 Å². The van der Waals surface area contributed by atoms with E-state index in [-0.39, 0.29) is 24.3 Å². The number of sulfonamides is 1. The van der Waals surface area contributed by atoms with Crippen LogP contribution in [-0.4, -0.2) is 50.5 Å². The predicted octanol–water partition coefficient (Wildman–Crippen LogP) is 7.39. The first kappa shape index (κ1) is 34.8. The van der Waals surface area contributed by atoms with E-state index in [1.165, 1.54) is 49.0 Å². The molecule has 10 heteroatoms. The molecule has 7 nitrogen and oxygen atoms in total. The van der Waals surface area contributed by atoms with Crippen LogP contribution >= 0.6 is 23.2 Å². The van der Waals surface area contributed by atoms with Gasteiger partial charge in [0.25, 0.3) is 0 Å². The Morgan fingerprint density at radius 1 is 0.875 bits per heavy atom. The number of benzene rings is 3. The second kappa shape index (κ2) is 14.4. The molecule has 0 radical (unpaired) electrons. The van der Waals surface area contributed by atoms with Crippen LogP contribution in [0, 0.1) is 17.8 Å². The second-order valence-electron chi connectivity index (χ2n) is 14.2. The molecule has 0 aliphatic heterocycles. The molecular formula is C38H45Cl2N3O4S. The summed E-state index contributed by atoms with van der Waals surface area (Å²) in [7, 11) is -3.88. The minimum Gasteiger partial charge on any atom is -0.354 e. The molecular weight excluding hydrogens is 665 g/mol. The molecule has 2 amide bonds. The Balaban J connectivity index is 1.32. The van der Waals surface area contributed by atoms with Crippen LogP contribution in [0.2, 0.25) is 10.0 Å². The standard InChI is InChI=1S/C38H45Cl2N3O4S/c1-3-16-41-37(45)35(20-26-8-5-4-6-9-26)42(24-32-33(39)10-7-11-34(32)40)36(44)25-43(48(2,46)47)31-14-12-30(13-15-31)38-21-27-17-28(22-38)19-29(18-27)23-38/h4-15,27-29,35H,3,16-25H2,1-2H3,(H,41,45). The SMILES string of the molecule is CCCNC(=O)C(Cc1ccccc1)N(Cc1c(Cl)cccc1Cl)C(=O)CN(c1ccc(C23CC4CC(CC(C4)C2)C3)cc1)S(C)(=O)=O. The van der Waals surface area contributed by atoms with Crippen molar-refractivity contribution in [2.75, 3.05) is 23.7 Å². The van der Waals surface area contributed by atoms with E-state index in [2.05, 4.69) is 17.4 Å². The van der Waals surface area contributed by atoms with Crippen molar-refractivity contribution >= 4 is 50.7 Å². The van der Waals surface area contributed by atoms with Crippen LogP contribution in [0.5, 0.6) is 0 Å². The number of anilines is 1. The summed E-state index contributed by atoms with van der Waals surface area (Å²) in [5.74, 6) is 1.50. The lowest BCUT2D eigenvalue weighted by molar-refractivity contribution is -0.140. The van der Waals surface area contributed by atoms with Gasteiger partial charge in [0.05, 0.1) is 11.9 Å². The van der Waals surface area contributed by atoms with Crippen LogP contribution < -0.4 is 9.62 Å². The molecule has 4 fully saturated rings. The highest BCUT2D eigenvalue weighted by Crippen LogP contribution is 2.60. The molecule has 4 bridgehead atoms. The molecule has 7 rings (SSSR count). The van der Waals surface area contributed by atoms with Crippen LogP contribution in [0.3, 0.4) is 0 Å². The molecule has 1 unspecified atom stereocenters. The summed E-state index contributed by atoms with van der Waals surface area (Å²) in [6, 6.07) is 21.4. The highest BCUT2D eigenvalue weighted by Gasteiger charge is 2.51. The van der Waals surface area contributed by atoms with Crippen molar-refractivity contribution in [3.63, 3.8) is 0 Å². The number of halogens is 2. The van der Waals surface area contributed by atoms with Crippen LogP contribution in [0.15, 0.2) is 72.8 Å². The van der Waals surface area contributed by atoms with Crippen LogP contribution in [0.25, 0.3) is 0 Å². The average Bonchev–Trinajstić information content (AvgIpc) is 3.04. The molecule has 1 N–H and O–H groups in total. The normalized spacial score (nSPS) is 23.5. The van der Waals surface area contributed by atoms with Gasteiger partial charge in [-0.05, 0) is 104 Å². The summed E-state index contributed by atoms with van der Waals surface area (Å²) in [5.41, 5.74) is 3.21. The Hall–Kier alpha value is -3.07. The van der Waals surface area contributed by atoms with E-state index in [4.69, 9.17) is 23.2 Å². The Bertz CT molecular complexity index is 1680. The van der Waals surface area contributed by atoms with Crippen molar-refractivity contribution in [3.8, 4) is 0 Å². The van der Waals surface area contributed by atoms with Crippen molar-refractivity contribution in [1.29, 1.82) is 0 Å².